The van der Waals surface area contributed by atoms with Crippen LogP contribution in [0.15, 0.2) is 24.3 Å². The highest BCUT2D eigenvalue weighted by molar-refractivity contribution is 9.09. The summed E-state index contributed by atoms with van der Waals surface area (Å²) in [4.78, 5) is 9.90. The number of aromatic nitrogens is 2. The number of para-hydroxylation sites is 2. The van der Waals surface area contributed by atoms with Gasteiger partial charge in [0.25, 0.3) is 0 Å². The number of fused-ring (bicyclic) bond motifs is 6. The Kier molecular flexibility index (Phi) is 1.99. The number of alkyl halides is 1. The van der Waals surface area contributed by atoms with Gasteiger partial charge in [0.1, 0.15) is 0 Å². The van der Waals surface area contributed by atoms with Crippen molar-refractivity contribution in [3.8, 4) is 0 Å². The van der Waals surface area contributed by atoms with Gasteiger partial charge in [0.15, 0.2) is 0 Å². The van der Waals surface area contributed by atoms with Crippen molar-refractivity contribution in [3.05, 3.63) is 35.7 Å². The third kappa shape index (κ3) is 1.11. The third-order valence-electron chi connectivity index (χ3n) is 5.81. The highest BCUT2D eigenvalue weighted by Gasteiger charge is 2.69. The minimum atomic E-state index is -0.0128. The SMILES string of the molecule is CC1(C)[C@@]2(Br)CC[C@]1(C)c1nc3ccccc3nc12. The summed E-state index contributed by atoms with van der Waals surface area (Å²) in [5, 5.41) is 0. The van der Waals surface area contributed by atoms with Crippen molar-refractivity contribution < 1.29 is 0 Å². The molecule has 0 amide bonds. The number of hydrogen-bond donors (Lipinski definition) is 0. The molecule has 2 aromatic rings. The van der Waals surface area contributed by atoms with Gasteiger partial charge in [-0.15, -0.1) is 0 Å². The van der Waals surface area contributed by atoms with E-state index < -0.39 is 0 Å². The van der Waals surface area contributed by atoms with Gasteiger partial charge in [0.2, 0.25) is 0 Å². The van der Waals surface area contributed by atoms with Gasteiger partial charge in [0.05, 0.1) is 26.7 Å². The van der Waals surface area contributed by atoms with Crippen molar-refractivity contribution in [3.63, 3.8) is 0 Å². The molecule has 1 heterocycles. The Morgan fingerprint density at radius 1 is 0.947 bits per heavy atom. The van der Waals surface area contributed by atoms with Gasteiger partial charge in [-0.1, -0.05) is 48.8 Å². The third-order valence-corrected chi connectivity index (χ3v) is 7.57. The summed E-state index contributed by atoms with van der Waals surface area (Å²) in [6, 6.07) is 8.19. The molecule has 2 atom stereocenters. The van der Waals surface area contributed by atoms with E-state index in [1.54, 1.807) is 0 Å². The second-order valence-electron chi connectivity index (χ2n) is 6.67. The molecule has 0 aliphatic heterocycles. The molecule has 0 radical (unpaired) electrons. The minimum absolute atomic E-state index is 0.0128. The fraction of sp³-hybridized carbons (Fsp3) is 0.500. The summed E-state index contributed by atoms with van der Waals surface area (Å²) in [6.07, 6.45) is 2.34. The van der Waals surface area contributed by atoms with E-state index in [0.717, 1.165) is 17.5 Å². The maximum absolute atomic E-state index is 4.96. The molecule has 0 N–H and O–H groups in total. The fourth-order valence-corrected chi connectivity index (χ4v) is 4.89. The minimum Gasteiger partial charge on any atom is -0.249 e. The molecular weight excluding hydrogens is 300 g/mol. The van der Waals surface area contributed by atoms with Crippen molar-refractivity contribution in [1.29, 1.82) is 0 Å². The average molecular weight is 317 g/mol. The van der Waals surface area contributed by atoms with Crippen molar-refractivity contribution in [2.24, 2.45) is 5.41 Å². The number of hydrogen-bond acceptors (Lipinski definition) is 2. The lowest BCUT2D eigenvalue weighted by atomic mass is 9.70. The molecule has 0 saturated heterocycles. The lowest BCUT2D eigenvalue weighted by molar-refractivity contribution is 0.215. The van der Waals surface area contributed by atoms with Crippen LogP contribution < -0.4 is 0 Å². The standard InChI is InChI=1S/C16H17BrN2/c1-14(2)15(3)8-9-16(14,17)13-12(15)18-10-6-4-5-7-11(10)19-13/h4-7H,8-9H2,1-3H3/t15-,16-/m1/s1. The van der Waals surface area contributed by atoms with Crippen LogP contribution in [-0.2, 0) is 9.74 Å². The van der Waals surface area contributed by atoms with Gasteiger partial charge in [-0.05, 0) is 30.4 Å². The highest BCUT2D eigenvalue weighted by atomic mass is 79.9. The summed E-state index contributed by atoms with van der Waals surface area (Å²) in [5.74, 6) is 0. The second-order valence-corrected chi connectivity index (χ2v) is 8.02. The van der Waals surface area contributed by atoms with Gasteiger partial charge in [0, 0.05) is 5.41 Å². The molecule has 0 spiro atoms. The van der Waals surface area contributed by atoms with E-state index >= 15 is 0 Å². The molecule has 4 rings (SSSR count). The first-order valence-corrected chi connectivity index (χ1v) is 7.66. The van der Waals surface area contributed by atoms with E-state index in [9.17, 15) is 0 Å². The van der Waals surface area contributed by atoms with Gasteiger partial charge >= 0.3 is 0 Å². The largest absolute Gasteiger partial charge is 0.249 e. The van der Waals surface area contributed by atoms with Gasteiger partial charge < -0.3 is 0 Å². The summed E-state index contributed by atoms with van der Waals surface area (Å²) in [7, 11) is 0. The molecule has 98 valence electrons. The molecule has 3 heteroatoms. The van der Waals surface area contributed by atoms with E-state index in [-0.39, 0.29) is 15.2 Å². The predicted molar refractivity (Wildman–Crippen MR) is 80.5 cm³/mol. The van der Waals surface area contributed by atoms with Crippen molar-refractivity contribution >= 4 is 27.0 Å². The molecular formula is C16H17BrN2. The Bertz CT molecular complexity index is 650. The van der Waals surface area contributed by atoms with Crippen LogP contribution in [0.1, 0.15) is 45.0 Å². The quantitative estimate of drug-likeness (QED) is 0.677. The van der Waals surface area contributed by atoms with Crippen LogP contribution in [0.2, 0.25) is 0 Å². The topological polar surface area (TPSA) is 25.8 Å². The number of rotatable bonds is 0. The first-order chi connectivity index (χ1) is 8.90. The summed E-state index contributed by atoms with van der Waals surface area (Å²) < 4.78 is -0.0128. The van der Waals surface area contributed by atoms with Gasteiger partial charge in [-0.2, -0.15) is 0 Å². The van der Waals surface area contributed by atoms with Crippen molar-refractivity contribution in [2.45, 2.75) is 43.4 Å². The molecule has 2 bridgehead atoms. The first-order valence-electron chi connectivity index (χ1n) is 6.87. The van der Waals surface area contributed by atoms with Crippen LogP contribution >= 0.6 is 15.9 Å². The van der Waals surface area contributed by atoms with Crippen LogP contribution in [-0.4, -0.2) is 9.97 Å². The monoisotopic (exact) mass is 316 g/mol. The Hall–Kier alpha value is -0.960. The number of nitrogens with zero attached hydrogens (tertiary/aromatic N) is 2. The average Bonchev–Trinajstić information content (AvgIpc) is 2.65. The van der Waals surface area contributed by atoms with E-state index in [2.05, 4.69) is 48.8 Å². The van der Waals surface area contributed by atoms with Gasteiger partial charge in [-0.3, -0.25) is 0 Å². The molecule has 19 heavy (non-hydrogen) atoms. The lowest BCUT2D eigenvalue weighted by Crippen LogP contribution is -2.36. The molecule has 1 aromatic heterocycles. The predicted octanol–water partition coefficient (Wildman–Crippen LogP) is 4.31. The van der Waals surface area contributed by atoms with Crippen LogP contribution in [0.4, 0.5) is 0 Å². The maximum Gasteiger partial charge on any atom is 0.0891 e. The molecule has 0 unspecified atom stereocenters. The number of halogens is 1. The summed E-state index contributed by atoms with van der Waals surface area (Å²) >= 11 is 4.03. The second kappa shape index (κ2) is 3.20. The van der Waals surface area contributed by atoms with Crippen LogP contribution in [0.25, 0.3) is 11.0 Å². The zero-order valence-electron chi connectivity index (χ0n) is 11.5. The molecule has 1 aromatic carbocycles. The van der Waals surface area contributed by atoms with E-state index in [4.69, 9.17) is 9.97 Å². The Balaban J connectivity index is 2.13. The number of benzene rings is 1. The Morgan fingerprint density at radius 2 is 1.53 bits per heavy atom. The smallest absolute Gasteiger partial charge is 0.0891 e. The first kappa shape index (κ1) is 11.8. The summed E-state index contributed by atoms with van der Waals surface area (Å²) in [5.41, 5.74) is 4.68. The van der Waals surface area contributed by atoms with Gasteiger partial charge in [-0.25, -0.2) is 9.97 Å². The Morgan fingerprint density at radius 3 is 2.16 bits per heavy atom. The summed E-state index contributed by atoms with van der Waals surface area (Å²) in [6.45, 7) is 7.05. The van der Waals surface area contributed by atoms with E-state index in [1.807, 2.05) is 12.1 Å². The van der Waals surface area contributed by atoms with Crippen molar-refractivity contribution in [2.75, 3.05) is 0 Å². The van der Waals surface area contributed by atoms with Crippen LogP contribution in [0, 0.1) is 5.41 Å². The van der Waals surface area contributed by atoms with E-state index in [1.165, 1.54) is 17.8 Å². The van der Waals surface area contributed by atoms with Crippen LogP contribution in [0.3, 0.4) is 0 Å². The molecule has 1 fully saturated rings. The zero-order chi connectivity index (χ0) is 13.5. The Labute approximate surface area is 121 Å². The maximum atomic E-state index is 4.96. The van der Waals surface area contributed by atoms with Crippen LogP contribution in [0.5, 0.6) is 0 Å². The molecule has 2 nitrogen and oxygen atoms in total. The van der Waals surface area contributed by atoms with E-state index in [0.29, 0.717) is 0 Å². The fourth-order valence-electron chi connectivity index (χ4n) is 3.97. The highest BCUT2D eigenvalue weighted by Crippen LogP contribution is 2.72. The lowest BCUT2D eigenvalue weighted by Gasteiger charge is -2.37. The van der Waals surface area contributed by atoms with Crippen molar-refractivity contribution in [1.82, 2.24) is 9.97 Å². The zero-order valence-corrected chi connectivity index (χ0v) is 13.1. The molecule has 1 saturated carbocycles. The molecule has 2 aliphatic carbocycles. The molecule has 2 aliphatic rings. The normalized spacial score (nSPS) is 34.7.